The molecule has 0 spiro atoms. The van der Waals surface area contributed by atoms with Crippen molar-refractivity contribution in [2.45, 2.75) is 50.2 Å². The Labute approximate surface area is 302 Å². The lowest BCUT2D eigenvalue weighted by molar-refractivity contribution is -0.140. The summed E-state index contributed by atoms with van der Waals surface area (Å²) in [5.41, 5.74) is 1.38. The summed E-state index contributed by atoms with van der Waals surface area (Å²) in [4.78, 5) is 29.9. The number of nitrogens with zero attached hydrogens (tertiary/aromatic N) is 2. The number of ether oxygens (including phenoxy) is 2. The van der Waals surface area contributed by atoms with Gasteiger partial charge in [0.25, 0.3) is 10.0 Å². The van der Waals surface area contributed by atoms with E-state index in [0.717, 1.165) is 9.87 Å². The van der Waals surface area contributed by atoms with Gasteiger partial charge in [-0.2, -0.15) is 0 Å². The number of amides is 2. The Balaban J connectivity index is 1.86. The molecule has 9 nitrogen and oxygen atoms in total. The van der Waals surface area contributed by atoms with Crippen molar-refractivity contribution in [3.8, 4) is 11.5 Å². The Bertz CT molecular complexity index is 1840. The van der Waals surface area contributed by atoms with Crippen molar-refractivity contribution in [2.24, 2.45) is 0 Å². The van der Waals surface area contributed by atoms with Crippen molar-refractivity contribution in [1.82, 2.24) is 10.2 Å². The summed E-state index contributed by atoms with van der Waals surface area (Å²) >= 11 is 19.3. The first kappa shape index (κ1) is 37.9. The standard InChI is InChI=1S/C36H38Cl3N3O6S/c1-5-24(2)40-36(44)32(20-25-10-7-6-8-11-25)41(22-29-30(38)12-9-13-31(29)39)35(43)23-42(27-16-14-26(37)15-17-27)49(45,46)28-18-19-33(47-3)34(21-28)48-4/h6-19,21,24,32H,5,20,22-23H2,1-4H3,(H,40,44)/t24-,32+/m0/s1. The molecule has 0 unspecified atom stereocenters. The quantitative estimate of drug-likeness (QED) is 0.136. The van der Waals surface area contributed by atoms with Crippen molar-refractivity contribution in [3.63, 3.8) is 0 Å². The number of carbonyl (C=O) groups excluding carboxylic acids is 2. The summed E-state index contributed by atoms with van der Waals surface area (Å²) in [5, 5.41) is 3.95. The van der Waals surface area contributed by atoms with E-state index in [1.54, 1.807) is 18.2 Å². The fraction of sp³-hybridized carbons (Fsp3) is 0.278. The maximum absolute atomic E-state index is 14.7. The summed E-state index contributed by atoms with van der Waals surface area (Å²) < 4.78 is 40.4. The Hall–Kier alpha value is -3.96. The molecule has 0 aromatic heterocycles. The Morgan fingerprint density at radius 3 is 2.06 bits per heavy atom. The van der Waals surface area contributed by atoms with Gasteiger partial charge in [-0.3, -0.25) is 13.9 Å². The second kappa shape index (κ2) is 17.1. The molecule has 0 saturated heterocycles. The smallest absolute Gasteiger partial charge is 0.264 e. The van der Waals surface area contributed by atoms with Gasteiger partial charge in [0.1, 0.15) is 12.6 Å². The van der Waals surface area contributed by atoms with Crippen molar-refractivity contribution in [1.29, 1.82) is 0 Å². The highest BCUT2D eigenvalue weighted by Gasteiger charge is 2.36. The first-order chi connectivity index (χ1) is 23.4. The van der Waals surface area contributed by atoms with Crippen LogP contribution in [0.5, 0.6) is 11.5 Å². The van der Waals surface area contributed by atoms with E-state index in [1.165, 1.54) is 61.6 Å². The number of benzene rings is 4. The molecule has 0 aliphatic heterocycles. The minimum absolute atomic E-state index is 0.139. The summed E-state index contributed by atoms with van der Waals surface area (Å²) in [7, 11) is -1.58. The van der Waals surface area contributed by atoms with Crippen LogP contribution in [0.2, 0.25) is 15.1 Å². The molecule has 0 bridgehead atoms. The van der Waals surface area contributed by atoms with Crippen LogP contribution in [-0.2, 0) is 32.6 Å². The molecule has 4 aromatic carbocycles. The van der Waals surface area contributed by atoms with Gasteiger partial charge in [-0.05, 0) is 67.4 Å². The maximum Gasteiger partial charge on any atom is 0.264 e. The van der Waals surface area contributed by atoms with E-state index in [-0.39, 0.29) is 35.3 Å². The lowest BCUT2D eigenvalue weighted by atomic mass is 10.0. The molecule has 0 heterocycles. The number of nitrogens with one attached hydrogen (secondary N) is 1. The Morgan fingerprint density at radius 2 is 1.47 bits per heavy atom. The van der Waals surface area contributed by atoms with Gasteiger partial charge < -0.3 is 19.7 Å². The molecule has 0 fully saturated rings. The number of anilines is 1. The normalized spacial score (nSPS) is 12.5. The van der Waals surface area contributed by atoms with E-state index in [0.29, 0.717) is 32.8 Å². The van der Waals surface area contributed by atoms with Gasteiger partial charge in [-0.1, -0.05) is 78.1 Å². The van der Waals surface area contributed by atoms with Crippen molar-refractivity contribution in [2.75, 3.05) is 25.1 Å². The lowest BCUT2D eigenvalue weighted by Gasteiger charge is -2.34. The highest BCUT2D eigenvalue weighted by Crippen LogP contribution is 2.33. The summed E-state index contributed by atoms with van der Waals surface area (Å²) in [6, 6.07) is 23.1. The summed E-state index contributed by atoms with van der Waals surface area (Å²) in [6.07, 6.45) is 0.794. The molecule has 49 heavy (non-hydrogen) atoms. The molecule has 0 aliphatic carbocycles. The third-order valence-corrected chi connectivity index (χ3v) is 10.7. The number of methoxy groups -OCH3 is 2. The van der Waals surface area contributed by atoms with Crippen LogP contribution in [-0.4, -0.2) is 58.0 Å². The third kappa shape index (κ3) is 9.39. The number of halogens is 3. The van der Waals surface area contributed by atoms with E-state index in [9.17, 15) is 18.0 Å². The SMILES string of the molecule is CC[C@H](C)NC(=O)[C@@H](Cc1ccccc1)N(Cc1c(Cl)cccc1Cl)C(=O)CN(c1ccc(Cl)cc1)S(=O)(=O)c1ccc(OC)c(OC)c1. The molecular formula is C36H38Cl3N3O6S. The predicted molar refractivity (Wildman–Crippen MR) is 194 cm³/mol. The molecule has 2 atom stereocenters. The third-order valence-electron chi connectivity index (χ3n) is 8.00. The highest BCUT2D eigenvalue weighted by molar-refractivity contribution is 7.92. The minimum Gasteiger partial charge on any atom is -0.493 e. The van der Waals surface area contributed by atoms with Gasteiger partial charge in [-0.15, -0.1) is 0 Å². The zero-order valence-electron chi connectivity index (χ0n) is 27.5. The van der Waals surface area contributed by atoms with E-state index >= 15 is 0 Å². The van der Waals surface area contributed by atoms with Crippen LogP contribution in [0.4, 0.5) is 5.69 Å². The van der Waals surface area contributed by atoms with Gasteiger partial charge in [0.05, 0.1) is 24.8 Å². The largest absolute Gasteiger partial charge is 0.493 e. The van der Waals surface area contributed by atoms with Gasteiger partial charge >= 0.3 is 0 Å². The second-order valence-electron chi connectivity index (χ2n) is 11.3. The second-order valence-corrected chi connectivity index (χ2v) is 14.4. The van der Waals surface area contributed by atoms with Gasteiger partial charge in [0, 0.05) is 45.7 Å². The van der Waals surface area contributed by atoms with Crippen LogP contribution in [0.1, 0.15) is 31.4 Å². The van der Waals surface area contributed by atoms with E-state index in [2.05, 4.69) is 5.32 Å². The van der Waals surface area contributed by atoms with E-state index in [4.69, 9.17) is 44.3 Å². The molecule has 0 aliphatic rings. The average Bonchev–Trinajstić information content (AvgIpc) is 3.10. The van der Waals surface area contributed by atoms with Gasteiger partial charge in [0.15, 0.2) is 11.5 Å². The van der Waals surface area contributed by atoms with Crippen LogP contribution in [0.15, 0.2) is 95.9 Å². The molecule has 4 aromatic rings. The average molecular weight is 747 g/mol. The molecule has 2 amide bonds. The molecule has 13 heteroatoms. The lowest BCUT2D eigenvalue weighted by Crippen LogP contribution is -2.54. The van der Waals surface area contributed by atoms with Crippen molar-refractivity contribution in [3.05, 3.63) is 117 Å². The molecule has 0 radical (unpaired) electrons. The number of hydrogen-bond acceptors (Lipinski definition) is 6. The van der Waals surface area contributed by atoms with Crippen LogP contribution >= 0.6 is 34.8 Å². The van der Waals surface area contributed by atoms with E-state index < -0.39 is 34.4 Å². The molecule has 1 N–H and O–H groups in total. The fourth-order valence-electron chi connectivity index (χ4n) is 5.09. The highest BCUT2D eigenvalue weighted by atomic mass is 35.5. The maximum atomic E-state index is 14.7. The Kier molecular flexibility index (Phi) is 13.2. The summed E-state index contributed by atoms with van der Waals surface area (Å²) in [6.45, 7) is 2.95. The van der Waals surface area contributed by atoms with Gasteiger partial charge in [-0.25, -0.2) is 8.42 Å². The molecular weight excluding hydrogens is 709 g/mol. The zero-order chi connectivity index (χ0) is 35.7. The van der Waals surface area contributed by atoms with Crippen LogP contribution in [0.3, 0.4) is 0 Å². The molecule has 0 saturated carbocycles. The Morgan fingerprint density at radius 1 is 0.837 bits per heavy atom. The van der Waals surface area contributed by atoms with Crippen LogP contribution in [0, 0.1) is 0 Å². The topological polar surface area (TPSA) is 105 Å². The van der Waals surface area contributed by atoms with Gasteiger partial charge in [0.2, 0.25) is 11.8 Å². The first-order valence-electron chi connectivity index (χ1n) is 15.5. The molecule has 4 rings (SSSR count). The minimum atomic E-state index is -4.42. The first-order valence-corrected chi connectivity index (χ1v) is 18.0. The van der Waals surface area contributed by atoms with Crippen LogP contribution in [0.25, 0.3) is 0 Å². The monoisotopic (exact) mass is 745 g/mol. The van der Waals surface area contributed by atoms with Crippen LogP contribution < -0.4 is 19.1 Å². The van der Waals surface area contributed by atoms with Crippen molar-refractivity contribution >= 4 is 62.3 Å². The molecule has 260 valence electrons. The number of carbonyl (C=O) groups is 2. The zero-order valence-corrected chi connectivity index (χ0v) is 30.6. The fourth-order valence-corrected chi connectivity index (χ4v) is 7.16. The predicted octanol–water partition coefficient (Wildman–Crippen LogP) is 7.41. The van der Waals surface area contributed by atoms with Crippen molar-refractivity contribution < 1.29 is 27.5 Å². The summed E-state index contributed by atoms with van der Waals surface area (Å²) in [5.74, 6) is -0.564. The number of rotatable bonds is 15. The number of sulfonamides is 1. The number of hydrogen-bond donors (Lipinski definition) is 1. The van der Waals surface area contributed by atoms with E-state index in [1.807, 2.05) is 44.2 Å².